The quantitative estimate of drug-likeness (QED) is 0.388. The topological polar surface area (TPSA) is 93.7 Å². The lowest BCUT2D eigenvalue weighted by Crippen LogP contribution is -2.22. The highest BCUT2D eigenvalue weighted by atomic mass is 16.7. The van der Waals surface area contributed by atoms with Crippen LogP contribution in [-0.2, 0) is 22.5 Å². The van der Waals surface area contributed by atoms with Crippen molar-refractivity contribution in [2.24, 2.45) is 0 Å². The molecule has 2 N–H and O–H groups in total. The Morgan fingerprint density at radius 1 is 0.879 bits per heavy atom. The predicted octanol–water partition coefficient (Wildman–Crippen LogP) is 4.64. The Hall–Kier alpha value is -4.13. The Bertz CT molecular complexity index is 1110. The molecule has 0 fully saturated rings. The van der Waals surface area contributed by atoms with Gasteiger partial charge in [-0.3, -0.25) is 9.59 Å². The zero-order valence-corrected chi connectivity index (χ0v) is 18.6. The molecule has 2 amide bonds. The van der Waals surface area contributed by atoms with Crippen molar-refractivity contribution in [3.8, 4) is 5.75 Å². The minimum Gasteiger partial charge on any atom is -0.434 e. The van der Waals surface area contributed by atoms with Crippen molar-refractivity contribution in [3.63, 3.8) is 0 Å². The van der Waals surface area contributed by atoms with Gasteiger partial charge in [0, 0.05) is 17.8 Å². The number of nitrogens with one attached hydrogen (secondary N) is 2. The smallest absolute Gasteiger partial charge is 0.434 e. The van der Waals surface area contributed by atoms with Crippen molar-refractivity contribution in [2.75, 3.05) is 11.9 Å². The second kappa shape index (κ2) is 11.5. The minimum atomic E-state index is -0.787. The van der Waals surface area contributed by atoms with E-state index in [2.05, 4.69) is 10.6 Å². The van der Waals surface area contributed by atoms with Crippen LogP contribution in [0.5, 0.6) is 5.75 Å². The van der Waals surface area contributed by atoms with E-state index in [0.29, 0.717) is 30.0 Å². The van der Waals surface area contributed by atoms with Crippen molar-refractivity contribution >= 4 is 23.7 Å². The van der Waals surface area contributed by atoms with Gasteiger partial charge in [0.2, 0.25) is 5.91 Å². The standard InChI is InChI=1S/C26H26N2O5/c1-3-32-26(31)33-23-13-9-21(10-14-23)25(30)27-17-19-7-11-22(12-8-19)28-24(29)16-20-6-4-5-18(2)15-20/h4-15H,3,16-17H2,1-2H3,(H,27,30)(H,28,29). The van der Waals surface area contributed by atoms with Crippen molar-refractivity contribution in [2.45, 2.75) is 26.8 Å². The zero-order valence-electron chi connectivity index (χ0n) is 18.6. The SMILES string of the molecule is CCOC(=O)Oc1ccc(C(=O)NCc2ccc(NC(=O)Cc3cccc(C)c3)cc2)cc1. The lowest BCUT2D eigenvalue weighted by Gasteiger charge is -2.09. The summed E-state index contributed by atoms with van der Waals surface area (Å²) in [5.74, 6) is -0.0460. The summed E-state index contributed by atoms with van der Waals surface area (Å²) in [7, 11) is 0. The number of anilines is 1. The number of aryl methyl sites for hydroxylation is 1. The molecule has 0 saturated carbocycles. The summed E-state index contributed by atoms with van der Waals surface area (Å²) in [6.45, 7) is 4.23. The summed E-state index contributed by atoms with van der Waals surface area (Å²) >= 11 is 0. The largest absolute Gasteiger partial charge is 0.513 e. The third kappa shape index (κ3) is 7.50. The fourth-order valence-electron chi connectivity index (χ4n) is 3.12. The van der Waals surface area contributed by atoms with Gasteiger partial charge in [0.1, 0.15) is 5.75 Å². The third-order valence-corrected chi connectivity index (χ3v) is 4.72. The second-order valence-corrected chi connectivity index (χ2v) is 7.40. The number of hydrogen-bond acceptors (Lipinski definition) is 5. The molecule has 0 saturated heterocycles. The van der Waals surface area contributed by atoms with Gasteiger partial charge in [-0.2, -0.15) is 0 Å². The highest BCUT2D eigenvalue weighted by Gasteiger charge is 2.09. The molecule has 0 radical (unpaired) electrons. The Morgan fingerprint density at radius 2 is 1.61 bits per heavy atom. The van der Waals surface area contributed by atoms with Gasteiger partial charge in [0.25, 0.3) is 5.91 Å². The lowest BCUT2D eigenvalue weighted by molar-refractivity contribution is -0.115. The zero-order chi connectivity index (χ0) is 23.6. The maximum atomic E-state index is 12.4. The predicted molar refractivity (Wildman–Crippen MR) is 125 cm³/mol. The fourth-order valence-corrected chi connectivity index (χ4v) is 3.12. The number of benzene rings is 3. The van der Waals surface area contributed by atoms with Crippen LogP contribution in [0.1, 0.15) is 34.0 Å². The number of amides is 2. The second-order valence-electron chi connectivity index (χ2n) is 7.40. The van der Waals surface area contributed by atoms with Gasteiger partial charge in [-0.05, 0) is 61.4 Å². The molecule has 0 atom stereocenters. The number of ether oxygens (including phenoxy) is 2. The van der Waals surface area contributed by atoms with Crippen molar-refractivity contribution in [1.29, 1.82) is 0 Å². The third-order valence-electron chi connectivity index (χ3n) is 4.72. The fraction of sp³-hybridized carbons (Fsp3) is 0.192. The summed E-state index contributed by atoms with van der Waals surface area (Å²) in [5, 5.41) is 5.72. The molecule has 7 nitrogen and oxygen atoms in total. The van der Waals surface area contributed by atoms with Gasteiger partial charge >= 0.3 is 6.16 Å². The summed E-state index contributed by atoms with van der Waals surface area (Å²) in [6, 6.07) is 21.3. The molecule has 0 heterocycles. The Labute approximate surface area is 192 Å². The van der Waals surface area contributed by atoms with E-state index in [0.717, 1.165) is 16.7 Å². The molecule has 0 aromatic heterocycles. The first kappa shape index (κ1) is 23.5. The van der Waals surface area contributed by atoms with Crippen LogP contribution in [0, 0.1) is 6.92 Å². The van der Waals surface area contributed by atoms with E-state index >= 15 is 0 Å². The van der Waals surface area contributed by atoms with Crippen LogP contribution in [0.2, 0.25) is 0 Å². The van der Waals surface area contributed by atoms with E-state index in [1.807, 2.05) is 43.3 Å². The molecule has 3 aromatic rings. The van der Waals surface area contributed by atoms with Crippen LogP contribution < -0.4 is 15.4 Å². The maximum absolute atomic E-state index is 12.4. The van der Waals surface area contributed by atoms with E-state index in [1.165, 1.54) is 12.1 Å². The van der Waals surface area contributed by atoms with Crippen LogP contribution in [-0.4, -0.2) is 24.6 Å². The van der Waals surface area contributed by atoms with Crippen LogP contribution in [0.4, 0.5) is 10.5 Å². The molecule has 170 valence electrons. The Balaban J connectivity index is 1.47. The van der Waals surface area contributed by atoms with E-state index < -0.39 is 6.16 Å². The van der Waals surface area contributed by atoms with Gasteiger partial charge in [-0.25, -0.2) is 4.79 Å². The van der Waals surface area contributed by atoms with Gasteiger partial charge in [0.15, 0.2) is 0 Å². The molecule has 7 heteroatoms. The summed E-state index contributed by atoms with van der Waals surface area (Å²) < 4.78 is 9.68. The first-order valence-electron chi connectivity index (χ1n) is 10.6. The van der Waals surface area contributed by atoms with Gasteiger partial charge < -0.3 is 20.1 Å². The molecule has 0 aliphatic rings. The summed E-state index contributed by atoms with van der Waals surface area (Å²) in [5.41, 5.74) is 4.11. The molecular formula is C26H26N2O5. The summed E-state index contributed by atoms with van der Waals surface area (Å²) in [6.07, 6.45) is -0.479. The van der Waals surface area contributed by atoms with Crippen LogP contribution in [0.25, 0.3) is 0 Å². The van der Waals surface area contributed by atoms with E-state index in [1.54, 1.807) is 31.2 Å². The minimum absolute atomic E-state index is 0.0861. The highest BCUT2D eigenvalue weighted by Crippen LogP contribution is 2.14. The van der Waals surface area contributed by atoms with E-state index in [4.69, 9.17) is 9.47 Å². The molecule has 0 unspecified atom stereocenters. The van der Waals surface area contributed by atoms with E-state index in [9.17, 15) is 14.4 Å². The monoisotopic (exact) mass is 446 g/mol. The van der Waals surface area contributed by atoms with Crippen molar-refractivity contribution in [3.05, 3.63) is 95.1 Å². The molecule has 0 aliphatic carbocycles. The van der Waals surface area contributed by atoms with Crippen molar-refractivity contribution in [1.82, 2.24) is 5.32 Å². The number of hydrogen-bond donors (Lipinski definition) is 2. The molecule has 0 aliphatic heterocycles. The normalized spacial score (nSPS) is 10.2. The first-order valence-corrected chi connectivity index (χ1v) is 10.6. The van der Waals surface area contributed by atoms with Crippen LogP contribution in [0.15, 0.2) is 72.8 Å². The lowest BCUT2D eigenvalue weighted by atomic mass is 10.1. The molecule has 0 spiro atoms. The van der Waals surface area contributed by atoms with Gasteiger partial charge in [-0.1, -0.05) is 42.0 Å². The number of carbonyl (C=O) groups excluding carboxylic acids is 3. The maximum Gasteiger partial charge on any atom is 0.513 e. The molecular weight excluding hydrogens is 420 g/mol. The molecule has 3 aromatic carbocycles. The number of carbonyl (C=O) groups is 3. The Kier molecular flexibility index (Phi) is 8.18. The number of rotatable bonds is 8. The average Bonchev–Trinajstić information content (AvgIpc) is 2.79. The highest BCUT2D eigenvalue weighted by molar-refractivity contribution is 5.94. The first-order chi connectivity index (χ1) is 15.9. The Morgan fingerprint density at radius 3 is 2.27 bits per heavy atom. The molecule has 33 heavy (non-hydrogen) atoms. The van der Waals surface area contributed by atoms with Gasteiger partial charge in [-0.15, -0.1) is 0 Å². The van der Waals surface area contributed by atoms with Crippen LogP contribution in [0.3, 0.4) is 0 Å². The molecule has 0 bridgehead atoms. The molecule has 3 rings (SSSR count). The van der Waals surface area contributed by atoms with E-state index in [-0.39, 0.29) is 18.4 Å². The summed E-state index contributed by atoms with van der Waals surface area (Å²) in [4.78, 5) is 35.9. The van der Waals surface area contributed by atoms with Gasteiger partial charge in [0.05, 0.1) is 13.0 Å². The average molecular weight is 447 g/mol. The van der Waals surface area contributed by atoms with Crippen molar-refractivity contribution < 1.29 is 23.9 Å². The van der Waals surface area contributed by atoms with Crippen LogP contribution >= 0.6 is 0 Å².